The summed E-state index contributed by atoms with van der Waals surface area (Å²) in [5.74, 6) is 4.87. The SMILES string of the molecule is NOCCn1cnc2[nH]c(=O)[nH]c(=O)c21. The van der Waals surface area contributed by atoms with Crippen molar-refractivity contribution in [2.75, 3.05) is 6.61 Å². The van der Waals surface area contributed by atoms with Crippen LogP contribution in [0.2, 0.25) is 0 Å². The number of nitrogens with zero attached hydrogens (tertiary/aromatic N) is 2. The molecule has 0 unspecified atom stereocenters. The van der Waals surface area contributed by atoms with E-state index >= 15 is 0 Å². The molecule has 2 aromatic rings. The van der Waals surface area contributed by atoms with E-state index in [2.05, 4.69) is 19.8 Å². The van der Waals surface area contributed by atoms with Gasteiger partial charge in [-0.1, -0.05) is 0 Å². The van der Waals surface area contributed by atoms with Gasteiger partial charge in [-0.3, -0.25) is 14.8 Å². The first-order chi connectivity index (χ1) is 7.22. The zero-order chi connectivity index (χ0) is 10.8. The second-order valence-corrected chi connectivity index (χ2v) is 2.91. The van der Waals surface area contributed by atoms with Gasteiger partial charge >= 0.3 is 5.69 Å². The Morgan fingerprint density at radius 2 is 2.27 bits per heavy atom. The molecule has 0 saturated heterocycles. The lowest BCUT2D eigenvalue weighted by atomic mass is 10.5. The Labute approximate surface area is 82.7 Å². The molecule has 0 aromatic carbocycles. The number of aromatic nitrogens is 4. The van der Waals surface area contributed by atoms with Crippen LogP contribution in [-0.2, 0) is 11.4 Å². The summed E-state index contributed by atoms with van der Waals surface area (Å²) in [6.45, 7) is 0.645. The molecule has 8 heteroatoms. The van der Waals surface area contributed by atoms with Gasteiger partial charge in [0.25, 0.3) is 5.56 Å². The number of H-pyrrole nitrogens is 2. The molecule has 0 aliphatic heterocycles. The summed E-state index contributed by atoms with van der Waals surface area (Å²) in [7, 11) is 0. The smallest absolute Gasteiger partial charge is 0.322 e. The topological polar surface area (TPSA) is 119 Å². The first-order valence-electron chi connectivity index (χ1n) is 4.21. The second-order valence-electron chi connectivity index (χ2n) is 2.91. The molecule has 0 radical (unpaired) electrons. The normalized spacial score (nSPS) is 11.0. The molecule has 0 spiro atoms. The van der Waals surface area contributed by atoms with Crippen LogP contribution in [0.25, 0.3) is 11.2 Å². The first kappa shape index (κ1) is 9.62. The number of nitrogens with two attached hydrogens (primary N) is 1. The number of hydrogen-bond donors (Lipinski definition) is 3. The third kappa shape index (κ3) is 1.67. The molecule has 80 valence electrons. The molecule has 0 aliphatic rings. The summed E-state index contributed by atoms with van der Waals surface area (Å²) in [6, 6.07) is 0. The van der Waals surface area contributed by atoms with Gasteiger partial charge < -0.3 is 9.40 Å². The second kappa shape index (κ2) is 3.67. The van der Waals surface area contributed by atoms with Crippen molar-refractivity contribution in [2.24, 2.45) is 5.90 Å². The van der Waals surface area contributed by atoms with Gasteiger partial charge in [-0.05, 0) is 0 Å². The van der Waals surface area contributed by atoms with Gasteiger partial charge in [0.05, 0.1) is 12.9 Å². The van der Waals surface area contributed by atoms with Crippen LogP contribution in [0.1, 0.15) is 0 Å². The molecule has 2 aromatic heterocycles. The fraction of sp³-hybridized carbons (Fsp3) is 0.286. The summed E-state index contributed by atoms with van der Waals surface area (Å²) in [4.78, 5) is 35.2. The highest BCUT2D eigenvalue weighted by molar-refractivity contribution is 5.68. The largest absolute Gasteiger partial charge is 0.327 e. The minimum atomic E-state index is -0.576. The van der Waals surface area contributed by atoms with Crippen molar-refractivity contribution < 1.29 is 4.84 Å². The van der Waals surface area contributed by atoms with Crippen LogP contribution in [-0.4, -0.2) is 26.1 Å². The monoisotopic (exact) mass is 211 g/mol. The lowest BCUT2D eigenvalue weighted by Crippen LogP contribution is -2.23. The molecule has 0 bridgehead atoms. The Hall–Kier alpha value is -1.93. The quantitative estimate of drug-likeness (QED) is 0.523. The fourth-order valence-electron chi connectivity index (χ4n) is 1.33. The van der Waals surface area contributed by atoms with Crippen LogP contribution in [0, 0.1) is 0 Å². The maximum atomic E-state index is 11.4. The van der Waals surface area contributed by atoms with Crippen molar-refractivity contribution in [1.29, 1.82) is 0 Å². The van der Waals surface area contributed by atoms with E-state index in [-0.39, 0.29) is 12.3 Å². The molecule has 15 heavy (non-hydrogen) atoms. The molecular formula is C7H9N5O3. The molecule has 0 aliphatic carbocycles. The third-order valence-electron chi connectivity index (χ3n) is 1.96. The van der Waals surface area contributed by atoms with Crippen LogP contribution in [0.3, 0.4) is 0 Å². The van der Waals surface area contributed by atoms with E-state index in [1.807, 2.05) is 0 Å². The van der Waals surface area contributed by atoms with Crippen molar-refractivity contribution in [3.63, 3.8) is 0 Å². The maximum Gasteiger partial charge on any atom is 0.327 e. The van der Waals surface area contributed by atoms with Crippen LogP contribution < -0.4 is 17.1 Å². The number of hydrogen-bond acceptors (Lipinski definition) is 5. The summed E-state index contributed by atoms with van der Waals surface area (Å²) < 4.78 is 1.55. The highest BCUT2D eigenvalue weighted by Crippen LogP contribution is 2.01. The average molecular weight is 211 g/mol. The zero-order valence-corrected chi connectivity index (χ0v) is 7.69. The van der Waals surface area contributed by atoms with E-state index in [1.165, 1.54) is 6.33 Å². The minimum Gasteiger partial charge on any atom is -0.322 e. The molecule has 0 atom stereocenters. The van der Waals surface area contributed by atoms with Crippen LogP contribution in [0.4, 0.5) is 0 Å². The van der Waals surface area contributed by atoms with Gasteiger partial charge in [-0.25, -0.2) is 15.7 Å². The number of fused-ring (bicyclic) bond motifs is 1. The van der Waals surface area contributed by atoms with E-state index in [9.17, 15) is 9.59 Å². The maximum absolute atomic E-state index is 11.4. The molecule has 2 heterocycles. The molecule has 8 nitrogen and oxygen atoms in total. The van der Waals surface area contributed by atoms with E-state index in [4.69, 9.17) is 5.90 Å². The Morgan fingerprint density at radius 1 is 1.47 bits per heavy atom. The molecule has 0 amide bonds. The van der Waals surface area contributed by atoms with Crippen molar-refractivity contribution in [3.8, 4) is 0 Å². The van der Waals surface area contributed by atoms with Gasteiger partial charge in [0.1, 0.15) is 0 Å². The van der Waals surface area contributed by atoms with Crippen molar-refractivity contribution in [3.05, 3.63) is 27.2 Å². The summed E-state index contributed by atoms with van der Waals surface area (Å²) in [6.07, 6.45) is 1.44. The Bertz CT molecular complexity index is 580. The molecule has 0 saturated carbocycles. The number of nitrogens with one attached hydrogen (secondary N) is 2. The summed E-state index contributed by atoms with van der Waals surface area (Å²) >= 11 is 0. The van der Waals surface area contributed by atoms with Crippen LogP contribution >= 0.6 is 0 Å². The minimum absolute atomic E-state index is 0.251. The lowest BCUT2D eigenvalue weighted by molar-refractivity contribution is 0.130. The van der Waals surface area contributed by atoms with Crippen LogP contribution in [0.15, 0.2) is 15.9 Å². The number of aromatic amines is 2. The van der Waals surface area contributed by atoms with Gasteiger partial charge in [0, 0.05) is 6.54 Å². The van der Waals surface area contributed by atoms with Gasteiger partial charge in [0.15, 0.2) is 11.2 Å². The van der Waals surface area contributed by atoms with Gasteiger partial charge in [-0.15, -0.1) is 0 Å². The van der Waals surface area contributed by atoms with E-state index in [0.29, 0.717) is 12.1 Å². The summed E-state index contributed by atoms with van der Waals surface area (Å²) in [5, 5.41) is 0. The standard InChI is InChI=1S/C7H9N5O3/c8-15-2-1-12-3-9-5-4(12)6(13)11-7(14)10-5/h3H,1-2,8H2,(H2,10,11,13,14). The van der Waals surface area contributed by atoms with Crippen LogP contribution in [0.5, 0.6) is 0 Å². The molecule has 0 fully saturated rings. The van der Waals surface area contributed by atoms with Crippen molar-refractivity contribution in [2.45, 2.75) is 6.54 Å². The Morgan fingerprint density at radius 3 is 3.00 bits per heavy atom. The Kier molecular flexibility index (Phi) is 2.35. The highest BCUT2D eigenvalue weighted by Gasteiger charge is 2.07. The van der Waals surface area contributed by atoms with E-state index in [0.717, 1.165) is 0 Å². The number of rotatable bonds is 3. The third-order valence-corrected chi connectivity index (χ3v) is 1.96. The predicted octanol–water partition coefficient (Wildman–Crippen LogP) is -1.70. The first-order valence-corrected chi connectivity index (χ1v) is 4.21. The van der Waals surface area contributed by atoms with Crippen molar-refractivity contribution >= 4 is 11.2 Å². The lowest BCUT2D eigenvalue weighted by Gasteiger charge is -2.00. The molecule has 2 rings (SSSR count). The van der Waals surface area contributed by atoms with E-state index < -0.39 is 11.2 Å². The fourth-order valence-corrected chi connectivity index (χ4v) is 1.33. The van der Waals surface area contributed by atoms with E-state index in [1.54, 1.807) is 4.57 Å². The van der Waals surface area contributed by atoms with Gasteiger partial charge in [0.2, 0.25) is 0 Å². The summed E-state index contributed by atoms with van der Waals surface area (Å²) in [5.41, 5.74) is -0.511. The van der Waals surface area contributed by atoms with Crippen molar-refractivity contribution in [1.82, 2.24) is 19.5 Å². The predicted molar refractivity (Wildman–Crippen MR) is 51.1 cm³/mol. The zero-order valence-electron chi connectivity index (χ0n) is 7.69. The Balaban J connectivity index is 2.59. The van der Waals surface area contributed by atoms with Gasteiger partial charge in [-0.2, -0.15) is 0 Å². The average Bonchev–Trinajstić information content (AvgIpc) is 2.58. The highest BCUT2D eigenvalue weighted by atomic mass is 16.6. The molecular weight excluding hydrogens is 202 g/mol. The number of imidazole rings is 1. The molecule has 4 N–H and O–H groups in total.